The van der Waals surface area contributed by atoms with Crippen LogP contribution in [-0.2, 0) is 19.6 Å². The minimum absolute atomic E-state index is 0.0522. The number of nitrogens with one attached hydrogen (secondary N) is 4. The van der Waals surface area contributed by atoms with Crippen LogP contribution in [0.4, 0.5) is 11.4 Å². The molecule has 0 fully saturated rings. The smallest absolute Gasteiger partial charge is 0.338 e. The average molecular weight is 511 g/mol. The summed E-state index contributed by atoms with van der Waals surface area (Å²) in [4.78, 5) is 41.3. The van der Waals surface area contributed by atoms with E-state index in [1.165, 1.54) is 56.5 Å². The molecule has 0 aliphatic carbocycles. The molecule has 11 nitrogen and oxygen atoms in total. The number of aromatic amines is 2. The van der Waals surface area contributed by atoms with Gasteiger partial charge >= 0.3 is 11.7 Å². The molecule has 1 amide bonds. The third kappa shape index (κ3) is 5.39. The molecule has 1 aromatic heterocycles. The number of methoxy groups -OCH3 is 1. The van der Waals surface area contributed by atoms with Crippen molar-refractivity contribution in [2.75, 3.05) is 17.1 Å². The van der Waals surface area contributed by atoms with Gasteiger partial charge in [0.25, 0.3) is 15.9 Å². The van der Waals surface area contributed by atoms with Gasteiger partial charge in [-0.3, -0.25) is 9.52 Å². The maximum absolute atomic E-state index is 12.7. The van der Waals surface area contributed by atoms with Gasteiger partial charge in [-0.25, -0.2) is 18.0 Å². The van der Waals surface area contributed by atoms with Gasteiger partial charge in [0.05, 0.1) is 34.3 Å². The Hall–Kier alpha value is -4.58. The van der Waals surface area contributed by atoms with Gasteiger partial charge in [0.1, 0.15) is 5.75 Å². The number of aromatic nitrogens is 2. The van der Waals surface area contributed by atoms with Gasteiger partial charge in [-0.05, 0) is 61.5 Å². The molecule has 0 aliphatic heterocycles. The Labute approximate surface area is 205 Å². The molecular formula is C24H22N4O7S. The Morgan fingerprint density at radius 3 is 2.36 bits per heavy atom. The summed E-state index contributed by atoms with van der Waals surface area (Å²) in [7, 11) is -2.49. The maximum Gasteiger partial charge on any atom is 0.338 e. The molecule has 4 aromatic rings. The van der Waals surface area contributed by atoms with Crippen LogP contribution < -0.4 is 20.5 Å². The van der Waals surface area contributed by atoms with E-state index in [0.717, 1.165) is 0 Å². The average Bonchev–Trinajstić information content (AvgIpc) is 3.23. The Morgan fingerprint density at radius 2 is 1.64 bits per heavy atom. The number of para-hydroxylation sites is 2. The van der Waals surface area contributed by atoms with Crippen LogP contribution in [0.1, 0.15) is 17.3 Å². The van der Waals surface area contributed by atoms with E-state index in [-0.39, 0.29) is 16.1 Å². The number of fused-ring (bicyclic) bond motifs is 1. The van der Waals surface area contributed by atoms with Crippen molar-refractivity contribution >= 4 is 44.3 Å². The molecule has 0 unspecified atom stereocenters. The second-order valence-electron chi connectivity index (χ2n) is 7.71. The first-order chi connectivity index (χ1) is 17.2. The number of H-pyrrole nitrogens is 2. The summed E-state index contributed by atoms with van der Waals surface area (Å²) in [5, 5.41) is 2.64. The summed E-state index contributed by atoms with van der Waals surface area (Å²) in [5.74, 6) is -0.837. The zero-order valence-electron chi connectivity index (χ0n) is 19.2. The summed E-state index contributed by atoms with van der Waals surface area (Å²) in [6.07, 6.45) is -1.10. The Bertz CT molecular complexity index is 1590. The predicted molar refractivity (Wildman–Crippen MR) is 133 cm³/mol. The molecule has 0 spiro atoms. The largest absolute Gasteiger partial charge is 0.495 e. The molecule has 0 bridgehead atoms. The topological polar surface area (TPSA) is 159 Å². The van der Waals surface area contributed by atoms with E-state index in [2.05, 4.69) is 20.0 Å². The van der Waals surface area contributed by atoms with Crippen LogP contribution in [0, 0.1) is 0 Å². The highest BCUT2D eigenvalue weighted by Crippen LogP contribution is 2.24. The number of hydrogen-bond acceptors (Lipinski definition) is 7. The fourth-order valence-corrected chi connectivity index (χ4v) is 4.42. The standard InChI is InChI=1S/C24H22N4O7S/c1-14(22(29)25-19-5-3-4-6-21(19)34-2)35-23(30)15-7-9-16(10-8-15)28-36(32,33)17-11-12-18-20(13-17)27-24(31)26-18/h3-14,28H,1-2H3,(H,25,29)(H2,26,27,31)/t14-/m1/s1. The number of carbonyl (C=O) groups is 2. The van der Waals surface area contributed by atoms with Crippen molar-refractivity contribution in [1.29, 1.82) is 0 Å². The van der Waals surface area contributed by atoms with Crippen LogP contribution in [-0.4, -0.2) is 43.5 Å². The summed E-state index contributed by atoms with van der Waals surface area (Å²) >= 11 is 0. The maximum atomic E-state index is 12.7. The highest BCUT2D eigenvalue weighted by atomic mass is 32.2. The second-order valence-corrected chi connectivity index (χ2v) is 9.39. The molecule has 0 radical (unpaired) electrons. The SMILES string of the molecule is COc1ccccc1NC(=O)[C@@H](C)OC(=O)c1ccc(NS(=O)(=O)c2ccc3[nH]c(=O)[nH]c3c2)cc1. The molecule has 0 saturated heterocycles. The number of amides is 1. The Balaban J connectivity index is 1.39. The van der Waals surface area contributed by atoms with E-state index >= 15 is 0 Å². The molecule has 1 atom stereocenters. The normalized spacial score (nSPS) is 12.1. The highest BCUT2D eigenvalue weighted by molar-refractivity contribution is 7.92. The fraction of sp³-hybridized carbons (Fsp3) is 0.125. The Kier molecular flexibility index (Phi) is 6.79. The van der Waals surface area contributed by atoms with Gasteiger partial charge in [0.2, 0.25) is 0 Å². The van der Waals surface area contributed by atoms with Crippen LogP contribution in [0.15, 0.2) is 76.4 Å². The number of anilines is 2. The minimum atomic E-state index is -3.96. The van der Waals surface area contributed by atoms with Crippen LogP contribution in [0.3, 0.4) is 0 Å². The van der Waals surface area contributed by atoms with Crippen molar-refractivity contribution in [1.82, 2.24) is 9.97 Å². The number of imidazole rings is 1. The lowest BCUT2D eigenvalue weighted by Crippen LogP contribution is -2.30. The van der Waals surface area contributed by atoms with Gasteiger partial charge in [-0.1, -0.05) is 12.1 Å². The van der Waals surface area contributed by atoms with E-state index in [4.69, 9.17) is 9.47 Å². The lowest BCUT2D eigenvalue weighted by atomic mass is 10.2. The third-order valence-electron chi connectivity index (χ3n) is 5.19. The number of sulfonamides is 1. The van der Waals surface area contributed by atoms with Gasteiger partial charge in [-0.15, -0.1) is 0 Å². The van der Waals surface area contributed by atoms with E-state index in [9.17, 15) is 22.8 Å². The van der Waals surface area contributed by atoms with Crippen LogP contribution in [0.2, 0.25) is 0 Å². The van der Waals surface area contributed by atoms with Crippen LogP contribution in [0.25, 0.3) is 11.0 Å². The van der Waals surface area contributed by atoms with Crippen molar-refractivity contribution < 1.29 is 27.5 Å². The molecule has 1 heterocycles. The number of esters is 1. The highest BCUT2D eigenvalue weighted by Gasteiger charge is 2.21. The summed E-state index contributed by atoms with van der Waals surface area (Å²) in [6, 6.07) is 16.5. The van der Waals surface area contributed by atoms with E-state index < -0.39 is 33.7 Å². The minimum Gasteiger partial charge on any atom is -0.495 e. The number of hydrogen-bond donors (Lipinski definition) is 4. The number of carbonyl (C=O) groups excluding carboxylic acids is 2. The number of ether oxygens (including phenoxy) is 2. The van der Waals surface area contributed by atoms with Gasteiger partial charge < -0.3 is 24.8 Å². The van der Waals surface area contributed by atoms with Crippen LogP contribution >= 0.6 is 0 Å². The van der Waals surface area contributed by atoms with Gasteiger partial charge in [0.15, 0.2) is 6.10 Å². The molecule has 36 heavy (non-hydrogen) atoms. The zero-order valence-corrected chi connectivity index (χ0v) is 20.0. The van der Waals surface area contributed by atoms with Crippen LogP contribution in [0.5, 0.6) is 5.75 Å². The molecule has 4 rings (SSSR count). The first-order valence-electron chi connectivity index (χ1n) is 10.7. The van der Waals surface area contributed by atoms with Crippen molar-refractivity contribution in [3.05, 3.63) is 82.8 Å². The van der Waals surface area contributed by atoms with Gasteiger partial charge in [-0.2, -0.15) is 0 Å². The van der Waals surface area contributed by atoms with Crippen molar-refractivity contribution in [3.63, 3.8) is 0 Å². The number of benzene rings is 3. The predicted octanol–water partition coefficient (Wildman–Crippen LogP) is 2.85. The third-order valence-corrected chi connectivity index (χ3v) is 6.57. The lowest BCUT2D eigenvalue weighted by Gasteiger charge is -2.15. The number of rotatable bonds is 8. The molecule has 4 N–H and O–H groups in total. The second kappa shape index (κ2) is 9.96. The first kappa shape index (κ1) is 24.5. The first-order valence-corrected chi connectivity index (χ1v) is 12.1. The zero-order chi connectivity index (χ0) is 25.9. The summed E-state index contributed by atoms with van der Waals surface area (Å²) in [6.45, 7) is 1.43. The van der Waals surface area contributed by atoms with Crippen molar-refractivity contribution in [2.45, 2.75) is 17.9 Å². The Morgan fingerprint density at radius 1 is 0.944 bits per heavy atom. The van der Waals surface area contributed by atoms with E-state index in [1.807, 2.05) is 0 Å². The van der Waals surface area contributed by atoms with E-state index in [0.29, 0.717) is 22.5 Å². The summed E-state index contributed by atoms with van der Waals surface area (Å²) < 4.78 is 38.3. The monoisotopic (exact) mass is 510 g/mol. The van der Waals surface area contributed by atoms with E-state index in [1.54, 1.807) is 24.3 Å². The molecule has 0 aliphatic rings. The lowest BCUT2D eigenvalue weighted by molar-refractivity contribution is -0.123. The van der Waals surface area contributed by atoms with Crippen molar-refractivity contribution in [3.8, 4) is 5.75 Å². The van der Waals surface area contributed by atoms with Gasteiger partial charge in [0, 0.05) is 5.69 Å². The quantitative estimate of drug-likeness (QED) is 0.265. The summed E-state index contributed by atoms with van der Waals surface area (Å²) in [5.41, 5.74) is 1.16. The van der Waals surface area contributed by atoms with Crippen molar-refractivity contribution in [2.24, 2.45) is 0 Å². The molecule has 12 heteroatoms. The molecule has 186 valence electrons. The molecular weight excluding hydrogens is 488 g/mol. The fourth-order valence-electron chi connectivity index (χ4n) is 3.33. The molecule has 3 aromatic carbocycles. The molecule has 0 saturated carbocycles.